The van der Waals surface area contributed by atoms with Crippen LogP contribution in [0.5, 0.6) is 5.75 Å². The maximum absolute atomic E-state index is 12.3. The van der Waals surface area contributed by atoms with Crippen LogP contribution < -0.4 is 4.74 Å². The molecule has 2 aromatic rings. The molecule has 120 valence electrons. The molecule has 0 aliphatic carbocycles. The number of furan rings is 1. The summed E-state index contributed by atoms with van der Waals surface area (Å²) in [5, 5.41) is 9.56. The summed E-state index contributed by atoms with van der Waals surface area (Å²) in [4.78, 5) is 13.8. The van der Waals surface area contributed by atoms with Crippen molar-refractivity contribution in [2.24, 2.45) is 0 Å². The second-order valence-corrected chi connectivity index (χ2v) is 5.51. The minimum atomic E-state index is -0.271. The summed E-state index contributed by atoms with van der Waals surface area (Å²) in [5.41, 5.74) is 0. The maximum Gasteiger partial charge on any atom is 0.260 e. The van der Waals surface area contributed by atoms with Crippen molar-refractivity contribution in [3.63, 3.8) is 0 Å². The van der Waals surface area contributed by atoms with Crippen LogP contribution in [0.3, 0.4) is 0 Å². The van der Waals surface area contributed by atoms with E-state index in [1.807, 2.05) is 6.07 Å². The maximum atomic E-state index is 12.3. The third kappa shape index (κ3) is 5.20. The Hall–Kier alpha value is -2.16. The Morgan fingerprint density at radius 1 is 1.35 bits per heavy atom. The Morgan fingerprint density at radius 2 is 2.17 bits per heavy atom. The van der Waals surface area contributed by atoms with Gasteiger partial charge in [-0.15, -0.1) is 0 Å². The highest BCUT2D eigenvalue weighted by Gasteiger charge is 2.16. The number of carbonyl (C=O) groups is 1. The average molecular weight is 353 g/mol. The number of hydrogen-bond acceptors (Lipinski definition) is 4. The molecule has 1 amide bonds. The Labute approximate surface area is 144 Å². The largest absolute Gasteiger partial charge is 0.482 e. The van der Waals surface area contributed by atoms with Crippen molar-refractivity contribution in [1.29, 1.82) is 5.26 Å². The average Bonchev–Trinajstić information content (AvgIpc) is 3.05. The van der Waals surface area contributed by atoms with Crippen LogP contribution in [0.25, 0.3) is 0 Å². The smallest absolute Gasteiger partial charge is 0.260 e. The van der Waals surface area contributed by atoms with Crippen LogP contribution in [0.1, 0.15) is 12.2 Å². The summed E-state index contributed by atoms with van der Waals surface area (Å²) < 4.78 is 10.7. The third-order valence-electron chi connectivity index (χ3n) is 3.02. The first kappa shape index (κ1) is 17.2. The van der Waals surface area contributed by atoms with Crippen molar-refractivity contribution < 1.29 is 13.9 Å². The van der Waals surface area contributed by atoms with Gasteiger partial charge in [0, 0.05) is 17.6 Å². The molecule has 2 rings (SSSR count). The SMILES string of the molecule is N#CCCN(Cc1ccco1)C(=O)COc1cc(Cl)ccc1Cl. The lowest BCUT2D eigenvalue weighted by molar-refractivity contribution is -0.134. The molecule has 0 spiro atoms. The molecule has 0 aliphatic heterocycles. The number of hydrogen-bond donors (Lipinski definition) is 0. The standard InChI is InChI=1S/C16H14Cl2N2O3/c17-12-4-5-14(18)15(9-12)23-11-16(21)20(7-2-6-19)10-13-3-1-8-22-13/h1,3-5,8-9H,2,7,10-11H2. The van der Waals surface area contributed by atoms with Gasteiger partial charge in [0.15, 0.2) is 6.61 Å². The molecule has 5 nitrogen and oxygen atoms in total. The normalized spacial score (nSPS) is 10.1. The molecule has 0 N–H and O–H groups in total. The summed E-state index contributed by atoms with van der Waals surface area (Å²) in [5.74, 6) is 0.704. The van der Waals surface area contributed by atoms with E-state index >= 15 is 0 Å². The van der Waals surface area contributed by atoms with E-state index in [4.69, 9.17) is 37.6 Å². The third-order valence-corrected chi connectivity index (χ3v) is 3.56. The van der Waals surface area contributed by atoms with Gasteiger partial charge in [0.05, 0.1) is 30.3 Å². The molecule has 23 heavy (non-hydrogen) atoms. The molecule has 0 aliphatic rings. The molecule has 0 radical (unpaired) electrons. The summed E-state index contributed by atoms with van der Waals surface area (Å²) in [6, 6.07) is 10.3. The molecule has 0 bridgehead atoms. The number of benzene rings is 1. The number of rotatable bonds is 7. The summed E-state index contributed by atoms with van der Waals surface area (Å²) in [6.07, 6.45) is 1.76. The van der Waals surface area contributed by atoms with Crippen molar-refractivity contribution in [2.75, 3.05) is 13.2 Å². The molecule has 0 saturated carbocycles. The van der Waals surface area contributed by atoms with Crippen molar-refractivity contribution >= 4 is 29.1 Å². The van der Waals surface area contributed by atoms with Crippen LogP contribution in [0.15, 0.2) is 41.0 Å². The number of ether oxygens (including phenoxy) is 1. The Bertz CT molecular complexity index is 696. The van der Waals surface area contributed by atoms with Gasteiger partial charge in [-0.1, -0.05) is 23.2 Å². The summed E-state index contributed by atoms with van der Waals surface area (Å²) in [6.45, 7) is 0.370. The Balaban J connectivity index is 1.99. The zero-order chi connectivity index (χ0) is 16.7. The van der Waals surface area contributed by atoms with Crippen LogP contribution in [0.4, 0.5) is 0 Å². The molecule has 0 saturated heterocycles. The molecule has 1 aromatic carbocycles. The first-order valence-electron chi connectivity index (χ1n) is 6.85. The van der Waals surface area contributed by atoms with Gasteiger partial charge in [-0.3, -0.25) is 4.79 Å². The van der Waals surface area contributed by atoms with E-state index in [0.29, 0.717) is 28.1 Å². The van der Waals surface area contributed by atoms with Gasteiger partial charge < -0.3 is 14.1 Å². The predicted molar refractivity (Wildman–Crippen MR) is 86.3 cm³/mol. The first-order valence-corrected chi connectivity index (χ1v) is 7.60. The van der Waals surface area contributed by atoms with Gasteiger partial charge in [0.2, 0.25) is 0 Å². The van der Waals surface area contributed by atoms with Gasteiger partial charge in [0.1, 0.15) is 11.5 Å². The molecule has 7 heteroatoms. The second kappa shape index (κ2) is 8.47. The van der Waals surface area contributed by atoms with E-state index in [1.165, 1.54) is 11.2 Å². The van der Waals surface area contributed by atoms with Gasteiger partial charge in [-0.25, -0.2) is 0 Å². The number of halogens is 2. The zero-order valence-corrected chi connectivity index (χ0v) is 13.7. The van der Waals surface area contributed by atoms with Crippen molar-refractivity contribution in [1.82, 2.24) is 4.90 Å². The lowest BCUT2D eigenvalue weighted by Gasteiger charge is -2.20. The minimum Gasteiger partial charge on any atom is -0.482 e. The van der Waals surface area contributed by atoms with Crippen molar-refractivity contribution in [3.8, 4) is 11.8 Å². The van der Waals surface area contributed by atoms with Crippen molar-refractivity contribution in [3.05, 3.63) is 52.4 Å². The molecular weight excluding hydrogens is 339 g/mol. The number of nitrogens with zero attached hydrogens (tertiary/aromatic N) is 2. The van der Waals surface area contributed by atoms with E-state index in [9.17, 15) is 4.79 Å². The number of amides is 1. The molecule has 0 atom stereocenters. The topological polar surface area (TPSA) is 66.5 Å². The monoisotopic (exact) mass is 352 g/mol. The van der Waals surface area contributed by atoms with Crippen LogP contribution in [0.2, 0.25) is 10.0 Å². The fraction of sp³-hybridized carbons (Fsp3) is 0.250. The predicted octanol–water partition coefficient (Wildman–Crippen LogP) is 3.91. The fourth-order valence-electron chi connectivity index (χ4n) is 1.89. The van der Waals surface area contributed by atoms with Gasteiger partial charge >= 0.3 is 0 Å². The molecular formula is C16H14Cl2N2O3. The van der Waals surface area contributed by atoms with E-state index in [2.05, 4.69) is 0 Å². The lowest BCUT2D eigenvalue weighted by Crippen LogP contribution is -2.35. The highest BCUT2D eigenvalue weighted by Crippen LogP contribution is 2.27. The van der Waals surface area contributed by atoms with Crippen LogP contribution in [-0.2, 0) is 11.3 Å². The molecule has 1 aromatic heterocycles. The van der Waals surface area contributed by atoms with Crippen LogP contribution >= 0.6 is 23.2 Å². The van der Waals surface area contributed by atoms with E-state index in [-0.39, 0.29) is 25.5 Å². The Morgan fingerprint density at radius 3 is 2.87 bits per heavy atom. The fourth-order valence-corrected chi connectivity index (χ4v) is 2.22. The van der Waals surface area contributed by atoms with Gasteiger partial charge in [-0.05, 0) is 24.3 Å². The number of nitriles is 1. The summed E-state index contributed by atoms with van der Waals surface area (Å²) >= 11 is 11.9. The highest BCUT2D eigenvalue weighted by molar-refractivity contribution is 6.34. The second-order valence-electron chi connectivity index (χ2n) is 4.67. The summed E-state index contributed by atoms with van der Waals surface area (Å²) in [7, 11) is 0. The van der Waals surface area contributed by atoms with Gasteiger partial charge in [0.25, 0.3) is 5.91 Å². The molecule has 1 heterocycles. The van der Waals surface area contributed by atoms with Gasteiger partial charge in [-0.2, -0.15) is 5.26 Å². The van der Waals surface area contributed by atoms with Crippen LogP contribution in [-0.4, -0.2) is 24.0 Å². The Kier molecular flexibility index (Phi) is 6.33. The van der Waals surface area contributed by atoms with Crippen molar-refractivity contribution in [2.45, 2.75) is 13.0 Å². The zero-order valence-electron chi connectivity index (χ0n) is 12.2. The molecule has 0 unspecified atom stereocenters. The van der Waals surface area contributed by atoms with Crippen LogP contribution in [0, 0.1) is 11.3 Å². The quantitative estimate of drug-likeness (QED) is 0.757. The highest BCUT2D eigenvalue weighted by atomic mass is 35.5. The lowest BCUT2D eigenvalue weighted by atomic mass is 10.3. The number of carbonyl (C=O) groups excluding carboxylic acids is 1. The van der Waals surface area contributed by atoms with E-state index < -0.39 is 0 Å². The minimum absolute atomic E-state index is 0.202. The van der Waals surface area contributed by atoms with E-state index in [0.717, 1.165) is 0 Å². The molecule has 0 fully saturated rings. The van der Waals surface area contributed by atoms with E-state index in [1.54, 1.807) is 30.3 Å². The first-order chi connectivity index (χ1) is 11.1.